The van der Waals surface area contributed by atoms with Gasteiger partial charge in [0.25, 0.3) is 0 Å². The molecule has 1 aromatic carbocycles. The molecule has 0 amide bonds. The molecule has 1 fully saturated rings. The van der Waals surface area contributed by atoms with Gasteiger partial charge in [-0.1, -0.05) is 0 Å². The molecular weight excluding hydrogens is 279 g/mol. The first-order valence-corrected chi connectivity index (χ1v) is 7.65. The van der Waals surface area contributed by atoms with E-state index in [2.05, 4.69) is 0 Å². The van der Waals surface area contributed by atoms with Gasteiger partial charge < -0.3 is 10.5 Å². The second-order valence-electron chi connectivity index (χ2n) is 5.93. The van der Waals surface area contributed by atoms with Crippen LogP contribution in [0, 0.1) is 18.7 Å². The van der Waals surface area contributed by atoms with E-state index in [-0.39, 0.29) is 5.82 Å². The summed E-state index contributed by atoms with van der Waals surface area (Å²) in [6.45, 7) is 2.36. The Morgan fingerprint density at radius 2 is 2.09 bits per heavy atom. The summed E-state index contributed by atoms with van der Waals surface area (Å²) in [7, 11) is 1.62. The summed E-state index contributed by atoms with van der Waals surface area (Å²) in [6, 6.07) is 8.94. The highest BCUT2D eigenvalue weighted by atomic mass is 19.1. The van der Waals surface area contributed by atoms with Crippen molar-refractivity contribution in [2.75, 3.05) is 13.7 Å². The standard InChI is InChI=1S/C18H21FN2O/c1-11-9-13(5-6-15(11)19)18-17(22-2)8-7-16(21-18)14(10-20)12-3-4-12/h5-9,12,14H,3-4,10,20H2,1-2H3. The summed E-state index contributed by atoms with van der Waals surface area (Å²) in [5, 5.41) is 0. The minimum absolute atomic E-state index is 0.211. The lowest BCUT2D eigenvalue weighted by Crippen LogP contribution is -2.16. The van der Waals surface area contributed by atoms with Crippen LogP contribution in [0.1, 0.15) is 30.0 Å². The molecule has 1 heterocycles. The first-order chi connectivity index (χ1) is 10.6. The highest BCUT2D eigenvalue weighted by Gasteiger charge is 2.32. The minimum atomic E-state index is -0.211. The molecule has 1 aliphatic carbocycles. The first-order valence-electron chi connectivity index (χ1n) is 7.65. The Balaban J connectivity index is 2.05. The number of nitrogens with two attached hydrogens (primary N) is 1. The number of halogens is 1. The average molecular weight is 300 g/mol. The van der Waals surface area contributed by atoms with Gasteiger partial charge in [-0.2, -0.15) is 0 Å². The second-order valence-corrected chi connectivity index (χ2v) is 5.93. The largest absolute Gasteiger partial charge is 0.494 e. The fourth-order valence-corrected chi connectivity index (χ4v) is 2.88. The lowest BCUT2D eigenvalue weighted by Gasteiger charge is -2.16. The summed E-state index contributed by atoms with van der Waals surface area (Å²) in [5.74, 6) is 1.43. The Labute approximate surface area is 130 Å². The number of benzene rings is 1. The van der Waals surface area contributed by atoms with Gasteiger partial charge in [0.05, 0.1) is 7.11 Å². The Kier molecular flexibility index (Phi) is 4.12. The van der Waals surface area contributed by atoms with E-state index in [1.54, 1.807) is 26.2 Å². The van der Waals surface area contributed by atoms with Crippen molar-refractivity contribution in [1.82, 2.24) is 4.98 Å². The van der Waals surface area contributed by atoms with Gasteiger partial charge in [-0.3, -0.25) is 0 Å². The zero-order valence-corrected chi connectivity index (χ0v) is 13.0. The molecule has 0 bridgehead atoms. The van der Waals surface area contributed by atoms with Crippen molar-refractivity contribution >= 4 is 0 Å². The number of nitrogens with zero attached hydrogens (tertiary/aromatic N) is 1. The van der Waals surface area contributed by atoms with E-state index in [1.165, 1.54) is 18.9 Å². The van der Waals surface area contributed by atoms with Crippen LogP contribution in [0.25, 0.3) is 11.3 Å². The normalized spacial score (nSPS) is 15.6. The van der Waals surface area contributed by atoms with Crippen LogP contribution in [0.15, 0.2) is 30.3 Å². The fraction of sp³-hybridized carbons (Fsp3) is 0.389. The average Bonchev–Trinajstić information content (AvgIpc) is 3.35. The first kappa shape index (κ1) is 15.0. The van der Waals surface area contributed by atoms with Gasteiger partial charge >= 0.3 is 0 Å². The van der Waals surface area contributed by atoms with Crippen LogP contribution in [-0.2, 0) is 0 Å². The van der Waals surface area contributed by atoms with Crippen LogP contribution < -0.4 is 10.5 Å². The van der Waals surface area contributed by atoms with E-state index in [0.29, 0.717) is 29.7 Å². The molecule has 0 radical (unpaired) electrons. The zero-order chi connectivity index (χ0) is 15.7. The molecule has 3 rings (SSSR count). The third-order valence-corrected chi connectivity index (χ3v) is 4.36. The molecule has 1 aliphatic rings. The number of hydrogen-bond donors (Lipinski definition) is 1. The molecule has 4 heteroatoms. The minimum Gasteiger partial charge on any atom is -0.494 e. The van der Waals surface area contributed by atoms with Crippen molar-refractivity contribution in [3.8, 4) is 17.0 Å². The summed E-state index contributed by atoms with van der Waals surface area (Å²) in [6.07, 6.45) is 2.45. The monoisotopic (exact) mass is 300 g/mol. The molecule has 1 saturated carbocycles. The predicted octanol–water partition coefficient (Wildman–Crippen LogP) is 3.66. The number of hydrogen-bond acceptors (Lipinski definition) is 3. The number of aryl methyl sites for hydroxylation is 1. The Morgan fingerprint density at radius 1 is 1.32 bits per heavy atom. The van der Waals surface area contributed by atoms with Gasteiger partial charge in [0.15, 0.2) is 0 Å². The number of ether oxygens (including phenoxy) is 1. The molecule has 0 spiro atoms. The van der Waals surface area contributed by atoms with Gasteiger partial charge in [-0.25, -0.2) is 9.37 Å². The maximum atomic E-state index is 13.5. The molecule has 2 aromatic rings. The molecular formula is C18H21FN2O. The van der Waals surface area contributed by atoms with Gasteiger partial charge in [0.1, 0.15) is 17.3 Å². The Hall–Kier alpha value is -1.94. The second kappa shape index (κ2) is 6.05. The van der Waals surface area contributed by atoms with Gasteiger partial charge in [-0.05, 0) is 61.6 Å². The zero-order valence-electron chi connectivity index (χ0n) is 13.0. The van der Waals surface area contributed by atoms with Crippen molar-refractivity contribution in [1.29, 1.82) is 0 Å². The fourth-order valence-electron chi connectivity index (χ4n) is 2.88. The quantitative estimate of drug-likeness (QED) is 0.916. The van der Waals surface area contributed by atoms with Crippen LogP contribution in [-0.4, -0.2) is 18.6 Å². The molecule has 116 valence electrons. The number of aromatic nitrogens is 1. The number of pyridine rings is 1. The summed E-state index contributed by atoms with van der Waals surface area (Å²) >= 11 is 0. The lowest BCUT2D eigenvalue weighted by atomic mass is 9.98. The van der Waals surface area contributed by atoms with Crippen LogP contribution in [0.5, 0.6) is 5.75 Å². The van der Waals surface area contributed by atoms with Crippen LogP contribution in [0.2, 0.25) is 0 Å². The third-order valence-electron chi connectivity index (χ3n) is 4.36. The molecule has 1 atom stereocenters. The van der Waals surface area contributed by atoms with E-state index >= 15 is 0 Å². The van der Waals surface area contributed by atoms with Gasteiger partial charge in [-0.15, -0.1) is 0 Å². The van der Waals surface area contributed by atoms with E-state index in [0.717, 1.165) is 17.0 Å². The van der Waals surface area contributed by atoms with Crippen molar-refractivity contribution in [3.63, 3.8) is 0 Å². The lowest BCUT2D eigenvalue weighted by molar-refractivity contribution is 0.414. The summed E-state index contributed by atoms with van der Waals surface area (Å²) in [5.41, 5.74) is 9.15. The Bertz CT molecular complexity index is 683. The van der Waals surface area contributed by atoms with E-state index in [4.69, 9.17) is 15.5 Å². The SMILES string of the molecule is COc1ccc(C(CN)C2CC2)nc1-c1ccc(F)c(C)c1. The highest BCUT2D eigenvalue weighted by molar-refractivity contribution is 5.67. The van der Waals surface area contributed by atoms with Crippen molar-refractivity contribution in [2.45, 2.75) is 25.7 Å². The van der Waals surface area contributed by atoms with E-state index in [1.807, 2.05) is 12.1 Å². The van der Waals surface area contributed by atoms with Crippen LogP contribution in [0.4, 0.5) is 4.39 Å². The van der Waals surface area contributed by atoms with Gasteiger partial charge in [0.2, 0.25) is 0 Å². The smallest absolute Gasteiger partial charge is 0.145 e. The predicted molar refractivity (Wildman–Crippen MR) is 85.4 cm³/mol. The van der Waals surface area contributed by atoms with Crippen LogP contribution >= 0.6 is 0 Å². The molecule has 22 heavy (non-hydrogen) atoms. The maximum absolute atomic E-state index is 13.5. The van der Waals surface area contributed by atoms with E-state index in [9.17, 15) is 4.39 Å². The molecule has 1 unspecified atom stereocenters. The third kappa shape index (κ3) is 2.83. The van der Waals surface area contributed by atoms with Crippen LogP contribution in [0.3, 0.4) is 0 Å². The van der Waals surface area contributed by atoms with Crippen molar-refractivity contribution < 1.29 is 9.13 Å². The molecule has 2 N–H and O–H groups in total. The molecule has 0 aliphatic heterocycles. The topological polar surface area (TPSA) is 48.1 Å². The van der Waals surface area contributed by atoms with Crippen molar-refractivity contribution in [3.05, 3.63) is 47.4 Å². The van der Waals surface area contributed by atoms with Gasteiger partial charge in [0, 0.05) is 23.7 Å². The molecule has 0 saturated heterocycles. The van der Waals surface area contributed by atoms with Crippen molar-refractivity contribution in [2.24, 2.45) is 11.7 Å². The summed E-state index contributed by atoms with van der Waals surface area (Å²) in [4.78, 5) is 4.79. The summed E-state index contributed by atoms with van der Waals surface area (Å²) < 4.78 is 18.9. The number of methoxy groups -OCH3 is 1. The Morgan fingerprint density at radius 3 is 2.68 bits per heavy atom. The number of rotatable bonds is 5. The molecule has 3 nitrogen and oxygen atoms in total. The molecule has 1 aromatic heterocycles. The highest BCUT2D eigenvalue weighted by Crippen LogP contribution is 2.42. The maximum Gasteiger partial charge on any atom is 0.145 e. The van der Waals surface area contributed by atoms with E-state index < -0.39 is 0 Å².